The first-order chi connectivity index (χ1) is 11.7. The Kier molecular flexibility index (Phi) is 5.12. The first kappa shape index (κ1) is 16.5. The standard InChI is InChI=1S/C23H24O/c1-19(2)18-24-23(20-12-6-3-7-13-20,21-14-8-4-9-15-21)22-16-10-5-11-17-22/h3-17,19H,18H2,1-2H3. The maximum absolute atomic E-state index is 6.65. The van der Waals surface area contributed by atoms with Gasteiger partial charge in [0.25, 0.3) is 0 Å². The largest absolute Gasteiger partial charge is 0.361 e. The van der Waals surface area contributed by atoms with Crippen LogP contribution in [0.25, 0.3) is 0 Å². The van der Waals surface area contributed by atoms with Crippen molar-refractivity contribution in [3.05, 3.63) is 108 Å². The van der Waals surface area contributed by atoms with Crippen LogP contribution in [0.1, 0.15) is 30.5 Å². The first-order valence-electron chi connectivity index (χ1n) is 8.54. The van der Waals surface area contributed by atoms with Crippen LogP contribution < -0.4 is 0 Å². The fourth-order valence-corrected chi connectivity index (χ4v) is 3.06. The fraction of sp³-hybridized carbons (Fsp3) is 0.217. The smallest absolute Gasteiger partial charge is 0.143 e. The third-order valence-corrected chi connectivity index (χ3v) is 4.17. The molecule has 0 aromatic heterocycles. The van der Waals surface area contributed by atoms with E-state index in [2.05, 4.69) is 86.6 Å². The maximum atomic E-state index is 6.65. The summed E-state index contributed by atoms with van der Waals surface area (Å²) < 4.78 is 6.65. The Morgan fingerprint density at radius 1 is 0.625 bits per heavy atom. The van der Waals surface area contributed by atoms with Crippen LogP contribution in [0.4, 0.5) is 0 Å². The van der Waals surface area contributed by atoms with E-state index in [1.165, 1.54) is 0 Å². The second-order valence-corrected chi connectivity index (χ2v) is 6.48. The van der Waals surface area contributed by atoms with E-state index in [0.717, 1.165) is 16.7 Å². The van der Waals surface area contributed by atoms with Crippen LogP contribution in [-0.2, 0) is 10.3 Å². The molecular formula is C23H24O. The zero-order valence-electron chi connectivity index (χ0n) is 14.4. The second kappa shape index (κ2) is 7.46. The molecule has 0 atom stereocenters. The highest BCUT2D eigenvalue weighted by atomic mass is 16.5. The lowest BCUT2D eigenvalue weighted by molar-refractivity contribution is -0.00233. The lowest BCUT2D eigenvalue weighted by Crippen LogP contribution is -2.34. The van der Waals surface area contributed by atoms with E-state index in [9.17, 15) is 0 Å². The van der Waals surface area contributed by atoms with Gasteiger partial charge in [-0.2, -0.15) is 0 Å². The average Bonchev–Trinajstić information content (AvgIpc) is 2.65. The van der Waals surface area contributed by atoms with Crippen LogP contribution in [0, 0.1) is 5.92 Å². The van der Waals surface area contributed by atoms with E-state index in [0.29, 0.717) is 12.5 Å². The van der Waals surface area contributed by atoms with E-state index < -0.39 is 5.60 Å². The van der Waals surface area contributed by atoms with Gasteiger partial charge in [0.05, 0.1) is 6.61 Å². The van der Waals surface area contributed by atoms with Crippen LogP contribution in [-0.4, -0.2) is 6.61 Å². The van der Waals surface area contributed by atoms with Crippen LogP contribution in [0.15, 0.2) is 91.0 Å². The molecule has 0 spiro atoms. The van der Waals surface area contributed by atoms with Crippen molar-refractivity contribution in [1.82, 2.24) is 0 Å². The SMILES string of the molecule is CC(C)COC(c1ccccc1)(c1ccccc1)c1ccccc1. The minimum atomic E-state index is -0.589. The Balaban J connectivity index is 2.24. The molecule has 24 heavy (non-hydrogen) atoms. The van der Waals surface area contributed by atoms with E-state index in [-0.39, 0.29) is 0 Å². The minimum absolute atomic E-state index is 0.459. The Morgan fingerprint density at radius 2 is 0.958 bits per heavy atom. The fourth-order valence-electron chi connectivity index (χ4n) is 3.06. The molecule has 0 aliphatic carbocycles. The number of hydrogen-bond donors (Lipinski definition) is 0. The van der Waals surface area contributed by atoms with Gasteiger partial charge in [-0.25, -0.2) is 0 Å². The first-order valence-corrected chi connectivity index (χ1v) is 8.54. The third kappa shape index (κ3) is 3.27. The van der Waals surface area contributed by atoms with Gasteiger partial charge < -0.3 is 4.74 Å². The highest BCUT2D eigenvalue weighted by Gasteiger charge is 2.37. The topological polar surface area (TPSA) is 9.23 Å². The van der Waals surface area contributed by atoms with Crippen molar-refractivity contribution in [2.45, 2.75) is 19.4 Å². The van der Waals surface area contributed by atoms with Gasteiger partial charge in [0, 0.05) is 0 Å². The summed E-state index contributed by atoms with van der Waals surface area (Å²) in [6.07, 6.45) is 0. The molecule has 1 heteroatoms. The van der Waals surface area contributed by atoms with Gasteiger partial charge in [0.2, 0.25) is 0 Å². The van der Waals surface area contributed by atoms with Crippen LogP contribution in [0.2, 0.25) is 0 Å². The van der Waals surface area contributed by atoms with Crippen molar-refractivity contribution in [1.29, 1.82) is 0 Å². The molecule has 0 heterocycles. The van der Waals surface area contributed by atoms with Gasteiger partial charge in [0.1, 0.15) is 5.60 Å². The Labute approximate surface area is 144 Å². The predicted molar refractivity (Wildman–Crippen MR) is 100.0 cm³/mol. The summed E-state index contributed by atoms with van der Waals surface area (Å²) in [6, 6.07) is 31.5. The summed E-state index contributed by atoms with van der Waals surface area (Å²) in [4.78, 5) is 0. The summed E-state index contributed by atoms with van der Waals surface area (Å²) >= 11 is 0. The average molecular weight is 316 g/mol. The highest BCUT2D eigenvalue weighted by molar-refractivity contribution is 5.47. The molecule has 3 aromatic carbocycles. The van der Waals surface area contributed by atoms with Gasteiger partial charge in [-0.15, -0.1) is 0 Å². The van der Waals surface area contributed by atoms with Crippen LogP contribution in [0.3, 0.4) is 0 Å². The molecule has 3 aromatic rings. The molecule has 0 radical (unpaired) electrons. The number of rotatable bonds is 6. The molecule has 0 unspecified atom stereocenters. The molecule has 0 N–H and O–H groups in total. The van der Waals surface area contributed by atoms with Crippen molar-refractivity contribution in [2.24, 2.45) is 5.92 Å². The van der Waals surface area contributed by atoms with Gasteiger partial charge in [-0.3, -0.25) is 0 Å². The Bertz CT molecular complexity index is 636. The second-order valence-electron chi connectivity index (χ2n) is 6.48. The molecule has 0 aliphatic heterocycles. The van der Waals surface area contributed by atoms with Gasteiger partial charge >= 0.3 is 0 Å². The van der Waals surface area contributed by atoms with E-state index in [1.54, 1.807) is 0 Å². The summed E-state index contributed by atoms with van der Waals surface area (Å²) in [6.45, 7) is 5.07. The molecular weight excluding hydrogens is 292 g/mol. The molecule has 0 saturated heterocycles. The summed E-state index contributed by atoms with van der Waals surface area (Å²) in [5, 5.41) is 0. The Morgan fingerprint density at radius 3 is 1.25 bits per heavy atom. The minimum Gasteiger partial charge on any atom is -0.361 e. The van der Waals surface area contributed by atoms with Crippen molar-refractivity contribution >= 4 is 0 Å². The number of benzene rings is 3. The molecule has 0 saturated carbocycles. The molecule has 122 valence electrons. The summed E-state index contributed by atoms with van der Waals surface area (Å²) in [5.41, 5.74) is 2.88. The number of hydrogen-bond acceptors (Lipinski definition) is 1. The maximum Gasteiger partial charge on any atom is 0.143 e. The molecule has 0 amide bonds. The van der Waals surface area contributed by atoms with Crippen molar-refractivity contribution in [3.8, 4) is 0 Å². The van der Waals surface area contributed by atoms with Crippen LogP contribution in [0.5, 0.6) is 0 Å². The van der Waals surface area contributed by atoms with Crippen molar-refractivity contribution in [2.75, 3.05) is 6.61 Å². The van der Waals surface area contributed by atoms with E-state index in [1.807, 2.05) is 18.2 Å². The normalized spacial score (nSPS) is 11.6. The van der Waals surface area contributed by atoms with E-state index in [4.69, 9.17) is 4.74 Å². The Hall–Kier alpha value is -2.38. The third-order valence-electron chi connectivity index (χ3n) is 4.17. The molecule has 0 aliphatic rings. The number of ether oxygens (including phenoxy) is 1. The predicted octanol–water partition coefficient (Wildman–Crippen LogP) is 5.65. The quantitative estimate of drug-likeness (QED) is 0.534. The zero-order chi connectivity index (χ0) is 16.8. The van der Waals surface area contributed by atoms with E-state index >= 15 is 0 Å². The van der Waals surface area contributed by atoms with Gasteiger partial charge in [-0.05, 0) is 22.6 Å². The summed E-state index contributed by atoms with van der Waals surface area (Å²) in [7, 11) is 0. The monoisotopic (exact) mass is 316 g/mol. The molecule has 1 nitrogen and oxygen atoms in total. The van der Waals surface area contributed by atoms with Crippen LogP contribution >= 0.6 is 0 Å². The zero-order valence-corrected chi connectivity index (χ0v) is 14.4. The van der Waals surface area contributed by atoms with Gasteiger partial charge in [0.15, 0.2) is 0 Å². The van der Waals surface area contributed by atoms with Crippen molar-refractivity contribution in [3.63, 3.8) is 0 Å². The van der Waals surface area contributed by atoms with Crippen molar-refractivity contribution < 1.29 is 4.74 Å². The molecule has 3 rings (SSSR count). The molecule has 0 bridgehead atoms. The lowest BCUT2D eigenvalue weighted by Gasteiger charge is -2.36. The lowest BCUT2D eigenvalue weighted by atomic mass is 9.80. The van der Waals surface area contributed by atoms with Gasteiger partial charge in [-0.1, -0.05) is 105 Å². The highest BCUT2D eigenvalue weighted by Crippen LogP contribution is 2.40. The summed E-state index contributed by atoms with van der Waals surface area (Å²) in [5.74, 6) is 0.459. The molecule has 0 fully saturated rings.